The molecule has 0 aliphatic carbocycles. The third kappa shape index (κ3) is 6.24. The quantitative estimate of drug-likeness (QED) is 0.165. The molecule has 0 saturated carbocycles. The zero-order valence-electron chi connectivity index (χ0n) is 18.6. The van der Waals surface area contributed by atoms with Crippen LogP contribution in [0, 0.1) is 0 Å². The van der Waals surface area contributed by atoms with Crippen LogP contribution in [0.1, 0.15) is 43.7 Å². The Kier molecular flexibility index (Phi) is 8.94. The van der Waals surface area contributed by atoms with Crippen molar-refractivity contribution in [3.63, 3.8) is 0 Å². The summed E-state index contributed by atoms with van der Waals surface area (Å²) in [5.74, 6) is 2.08. The molecule has 1 saturated heterocycles. The van der Waals surface area contributed by atoms with Gasteiger partial charge in [-0.3, -0.25) is 9.69 Å². The molecule has 168 valence electrons. The van der Waals surface area contributed by atoms with E-state index in [1.54, 1.807) is 11.0 Å². The van der Waals surface area contributed by atoms with Gasteiger partial charge in [-0.1, -0.05) is 74.2 Å². The van der Waals surface area contributed by atoms with Gasteiger partial charge in [0.2, 0.25) is 0 Å². The van der Waals surface area contributed by atoms with Crippen LogP contribution in [0.15, 0.2) is 66.1 Å². The van der Waals surface area contributed by atoms with Gasteiger partial charge in [0.25, 0.3) is 5.91 Å². The standard InChI is InChI=1S/C26H29NO3S2/c1-4-15-27-25(28)24(32-26(27)31)18-21-9-6-7-10-23(21)30-17-8-16-29-22-13-11-20(12-14-22)19(3)5-2/h4,6-7,9-14,18-19H,1,5,8,15-17H2,2-3H3/b24-18-. The maximum atomic E-state index is 12.6. The Labute approximate surface area is 200 Å². The predicted octanol–water partition coefficient (Wildman–Crippen LogP) is 6.44. The molecule has 1 amide bonds. The Morgan fingerprint density at radius 2 is 1.84 bits per heavy atom. The second-order valence-electron chi connectivity index (χ2n) is 7.55. The number of ether oxygens (including phenoxy) is 2. The molecule has 1 unspecified atom stereocenters. The van der Waals surface area contributed by atoms with Gasteiger partial charge in [-0.2, -0.15) is 0 Å². The Morgan fingerprint density at radius 1 is 1.12 bits per heavy atom. The Bertz CT molecular complexity index is 985. The Balaban J connectivity index is 1.52. The molecule has 0 N–H and O–H groups in total. The van der Waals surface area contributed by atoms with Crippen LogP contribution >= 0.6 is 24.0 Å². The third-order valence-corrected chi connectivity index (χ3v) is 6.65. The first-order chi connectivity index (χ1) is 15.5. The fourth-order valence-electron chi connectivity index (χ4n) is 3.22. The number of benzene rings is 2. The van der Waals surface area contributed by atoms with Gasteiger partial charge in [0.05, 0.1) is 18.1 Å². The highest BCUT2D eigenvalue weighted by Gasteiger charge is 2.31. The number of carbonyl (C=O) groups is 1. The molecule has 1 fully saturated rings. The molecule has 2 aromatic rings. The van der Waals surface area contributed by atoms with Crippen molar-refractivity contribution in [2.24, 2.45) is 0 Å². The minimum Gasteiger partial charge on any atom is -0.493 e. The zero-order chi connectivity index (χ0) is 22.9. The summed E-state index contributed by atoms with van der Waals surface area (Å²) in [6.07, 6.45) is 5.39. The van der Waals surface area contributed by atoms with Crippen molar-refractivity contribution in [1.29, 1.82) is 0 Å². The molecule has 3 rings (SSSR count). The Hall–Kier alpha value is -2.57. The maximum absolute atomic E-state index is 12.6. The summed E-state index contributed by atoms with van der Waals surface area (Å²) >= 11 is 6.61. The largest absolute Gasteiger partial charge is 0.493 e. The summed E-state index contributed by atoms with van der Waals surface area (Å²) in [5, 5.41) is 0. The summed E-state index contributed by atoms with van der Waals surface area (Å²) in [5.41, 5.74) is 2.19. The first-order valence-corrected chi connectivity index (χ1v) is 12.1. The SMILES string of the molecule is C=CCN1C(=O)/C(=C/c2ccccc2OCCCOc2ccc(C(C)CC)cc2)SC1=S. The molecule has 0 bridgehead atoms. The highest BCUT2D eigenvalue weighted by molar-refractivity contribution is 8.26. The second kappa shape index (κ2) is 11.9. The first kappa shape index (κ1) is 24.1. The predicted molar refractivity (Wildman–Crippen MR) is 137 cm³/mol. The van der Waals surface area contributed by atoms with E-state index in [9.17, 15) is 4.79 Å². The van der Waals surface area contributed by atoms with E-state index in [0.29, 0.717) is 34.9 Å². The van der Waals surface area contributed by atoms with Gasteiger partial charge in [-0.15, -0.1) is 6.58 Å². The molecule has 4 nitrogen and oxygen atoms in total. The fraction of sp³-hybridized carbons (Fsp3) is 0.308. The number of carbonyl (C=O) groups excluding carboxylic acids is 1. The number of para-hydroxylation sites is 1. The third-order valence-electron chi connectivity index (χ3n) is 5.27. The van der Waals surface area contributed by atoms with E-state index >= 15 is 0 Å². The molecule has 2 aromatic carbocycles. The van der Waals surface area contributed by atoms with Crippen molar-refractivity contribution < 1.29 is 14.3 Å². The average Bonchev–Trinajstić information content (AvgIpc) is 3.07. The second-order valence-corrected chi connectivity index (χ2v) is 9.22. The van der Waals surface area contributed by atoms with Crippen LogP contribution in [-0.4, -0.2) is 34.9 Å². The molecular formula is C26H29NO3S2. The van der Waals surface area contributed by atoms with Crippen LogP contribution < -0.4 is 9.47 Å². The molecule has 1 heterocycles. The van der Waals surface area contributed by atoms with Crippen LogP contribution in [0.4, 0.5) is 0 Å². The molecule has 1 atom stereocenters. The number of hydrogen-bond acceptors (Lipinski definition) is 5. The number of amides is 1. The van der Waals surface area contributed by atoms with Crippen molar-refractivity contribution in [3.8, 4) is 11.5 Å². The van der Waals surface area contributed by atoms with Crippen LogP contribution in [0.5, 0.6) is 11.5 Å². The lowest BCUT2D eigenvalue weighted by atomic mass is 9.99. The van der Waals surface area contributed by atoms with Crippen molar-refractivity contribution in [2.45, 2.75) is 32.6 Å². The van der Waals surface area contributed by atoms with Gasteiger partial charge in [0.1, 0.15) is 15.8 Å². The van der Waals surface area contributed by atoms with E-state index in [-0.39, 0.29) is 5.91 Å². The monoisotopic (exact) mass is 467 g/mol. The molecule has 0 spiro atoms. The van der Waals surface area contributed by atoms with E-state index in [0.717, 1.165) is 29.9 Å². The Morgan fingerprint density at radius 3 is 2.56 bits per heavy atom. The van der Waals surface area contributed by atoms with Crippen LogP contribution in [0.25, 0.3) is 6.08 Å². The van der Waals surface area contributed by atoms with Crippen LogP contribution in [-0.2, 0) is 4.79 Å². The van der Waals surface area contributed by atoms with Gasteiger partial charge < -0.3 is 9.47 Å². The summed E-state index contributed by atoms with van der Waals surface area (Å²) in [7, 11) is 0. The highest BCUT2D eigenvalue weighted by atomic mass is 32.2. The number of hydrogen-bond donors (Lipinski definition) is 0. The van der Waals surface area contributed by atoms with Crippen LogP contribution in [0.2, 0.25) is 0 Å². The van der Waals surface area contributed by atoms with Crippen molar-refractivity contribution in [1.82, 2.24) is 4.90 Å². The van der Waals surface area contributed by atoms with Crippen molar-refractivity contribution in [2.75, 3.05) is 19.8 Å². The van der Waals surface area contributed by atoms with E-state index in [1.165, 1.54) is 17.3 Å². The van der Waals surface area contributed by atoms with Gasteiger partial charge in [-0.05, 0) is 42.2 Å². The molecule has 1 aliphatic heterocycles. The average molecular weight is 468 g/mol. The summed E-state index contributed by atoms with van der Waals surface area (Å²) in [4.78, 5) is 14.7. The smallest absolute Gasteiger partial charge is 0.266 e. The molecule has 32 heavy (non-hydrogen) atoms. The summed E-state index contributed by atoms with van der Waals surface area (Å²) < 4.78 is 12.4. The van der Waals surface area contributed by atoms with Crippen molar-refractivity contribution in [3.05, 3.63) is 77.2 Å². The lowest BCUT2D eigenvalue weighted by Gasteiger charge is -2.12. The summed E-state index contributed by atoms with van der Waals surface area (Å²) in [6.45, 7) is 9.62. The highest BCUT2D eigenvalue weighted by Crippen LogP contribution is 2.34. The van der Waals surface area contributed by atoms with Crippen molar-refractivity contribution >= 4 is 40.3 Å². The molecule has 0 aromatic heterocycles. The minimum absolute atomic E-state index is 0.0950. The number of rotatable bonds is 11. The number of thioether (sulfide) groups is 1. The molecule has 0 radical (unpaired) electrons. The lowest BCUT2D eigenvalue weighted by Crippen LogP contribution is -2.27. The van der Waals surface area contributed by atoms with Gasteiger partial charge in [0, 0.05) is 18.5 Å². The molecule has 6 heteroatoms. The minimum atomic E-state index is -0.0950. The van der Waals surface area contributed by atoms with Gasteiger partial charge >= 0.3 is 0 Å². The van der Waals surface area contributed by atoms with E-state index in [4.69, 9.17) is 21.7 Å². The molecule has 1 aliphatic rings. The topological polar surface area (TPSA) is 38.8 Å². The van der Waals surface area contributed by atoms with E-state index < -0.39 is 0 Å². The van der Waals surface area contributed by atoms with E-state index in [2.05, 4.69) is 32.6 Å². The summed E-state index contributed by atoms with van der Waals surface area (Å²) in [6, 6.07) is 16.0. The van der Waals surface area contributed by atoms with Gasteiger partial charge in [-0.25, -0.2) is 0 Å². The van der Waals surface area contributed by atoms with Gasteiger partial charge in [0.15, 0.2) is 0 Å². The fourth-order valence-corrected chi connectivity index (χ4v) is 4.48. The first-order valence-electron chi connectivity index (χ1n) is 10.8. The van der Waals surface area contributed by atoms with E-state index in [1.807, 2.05) is 42.5 Å². The maximum Gasteiger partial charge on any atom is 0.266 e. The number of thiocarbonyl (C=S) groups is 1. The zero-order valence-corrected chi connectivity index (χ0v) is 20.2. The molecular weight excluding hydrogens is 438 g/mol. The lowest BCUT2D eigenvalue weighted by molar-refractivity contribution is -0.121. The normalized spacial score (nSPS) is 15.8. The number of nitrogens with zero attached hydrogens (tertiary/aromatic N) is 1. The van der Waals surface area contributed by atoms with Crippen LogP contribution in [0.3, 0.4) is 0 Å².